The number of aryl methyl sites for hydroxylation is 1. The fraction of sp³-hybridized carbons (Fsp3) is 0.471. The number of aromatic nitrogens is 1. The van der Waals surface area contributed by atoms with Crippen molar-refractivity contribution >= 4 is 16.6 Å². The van der Waals surface area contributed by atoms with Crippen LogP contribution in [0.5, 0.6) is 0 Å². The van der Waals surface area contributed by atoms with Gasteiger partial charge in [0.05, 0.1) is 5.52 Å². The molecule has 1 heterocycles. The van der Waals surface area contributed by atoms with Gasteiger partial charge in [0.1, 0.15) is 0 Å². The Kier molecular flexibility index (Phi) is 5.81. The van der Waals surface area contributed by atoms with Gasteiger partial charge in [0, 0.05) is 23.8 Å². The molecule has 2 aromatic rings. The Morgan fingerprint density at radius 2 is 2.00 bits per heavy atom. The molecule has 0 atom stereocenters. The second-order valence-electron chi connectivity index (χ2n) is 5.20. The minimum Gasteiger partial charge on any atom is -0.384 e. The van der Waals surface area contributed by atoms with Crippen molar-refractivity contribution in [3.63, 3.8) is 0 Å². The van der Waals surface area contributed by atoms with Gasteiger partial charge in [-0.1, -0.05) is 19.4 Å². The van der Waals surface area contributed by atoms with Crippen LogP contribution in [0.4, 0.5) is 5.69 Å². The van der Waals surface area contributed by atoms with Gasteiger partial charge in [0.25, 0.3) is 0 Å². The van der Waals surface area contributed by atoms with Crippen LogP contribution in [0, 0.1) is 0 Å². The number of pyridine rings is 1. The van der Waals surface area contributed by atoms with Gasteiger partial charge in [0.15, 0.2) is 0 Å². The highest BCUT2D eigenvalue weighted by Gasteiger charge is 2.03. The molecule has 0 aliphatic carbocycles. The van der Waals surface area contributed by atoms with E-state index in [-0.39, 0.29) is 0 Å². The standard InChI is InChI=1S/C17H25N3/c1-3-4-6-14-7-8-16-15(13-14)17(9-12-20-16)19-11-5-10-18-2/h7-9,12-13,18H,3-6,10-11H2,1-2H3,(H,19,20). The van der Waals surface area contributed by atoms with Crippen LogP contribution < -0.4 is 10.6 Å². The summed E-state index contributed by atoms with van der Waals surface area (Å²) in [5.41, 5.74) is 3.68. The van der Waals surface area contributed by atoms with Crippen molar-refractivity contribution in [1.82, 2.24) is 10.3 Å². The van der Waals surface area contributed by atoms with Crippen LogP contribution in [-0.2, 0) is 6.42 Å². The van der Waals surface area contributed by atoms with E-state index in [4.69, 9.17) is 0 Å². The van der Waals surface area contributed by atoms with Crippen LogP contribution in [0.3, 0.4) is 0 Å². The summed E-state index contributed by atoms with van der Waals surface area (Å²) >= 11 is 0. The Hall–Kier alpha value is -1.61. The summed E-state index contributed by atoms with van der Waals surface area (Å²) in [6, 6.07) is 8.71. The van der Waals surface area contributed by atoms with Crippen LogP contribution in [0.1, 0.15) is 31.7 Å². The Morgan fingerprint density at radius 3 is 2.80 bits per heavy atom. The van der Waals surface area contributed by atoms with Gasteiger partial charge in [-0.3, -0.25) is 4.98 Å². The molecule has 0 amide bonds. The second kappa shape index (κ2) is 7.85. The molecule has 0 spiro atoms. The number of hydrogen-bond donors (Lipinski definition) is 2. The lowest BCUT2D eigenvalue weighted by atomic mass is 10.0. The van der Waals surface area contributed by atoms with E-state index in [0.717, 1.165) is 31.4 Å². The lowest BCUT2D eigenvalue weighted by molar-refractivity contribution is 0.748. The van der Waals surface area contributed by atoms with Gasteiger partial charge in [0.2, 0.25) is 0 Å². The Labute approximate surface area is 121 Å². The van der Waals surface area contributed by atoms with Crippen LogP contribution in [0.2, 0.25) is 0 Å². The summed E-state index contributed by atoms with van der Waals surface area (Å²) in [6.45, 7) is 4.26. The first-order valence-electron chi connectivity index (χ1n) is 7.61. The van der Waals surface area contributed by atoms with E-state index in [2.05, 4.69) is 46.8 Å². The molecule has 3 heteroatoms. The molecule has 0 bridgehead atoms. The topological polar surface area (TPSA) is 37.0 Å². The van der Waals surface area contributed by atoms with Crippen molar-refractivity contribution in [3.8, 4) is 0 Å². The lowest BCUT2D eigenvalue weighted by Crippen LogP contribution is -2.13. The molecule has 0 saturated heterocycles. The first kappa shape index (κ1) is 14.8. The minimum absolute atomic E-state index is 0.985. The third kappa shape index (κ3) is 3.94. The number of benzene rings is 1. The highest BCUT2D eigenvalue weighted by Crippen LogP contribution is 2.23. The number of nitrogens with zero attached hydrogens (tertiary/aromatic N) is 1. The van der Waals surface area contributed by atoms with Gasteiger partial charge < -0.3 is 10.6 Å². The van der Waals surface area contributed by atoms with Crippen LogP contribution >= 0.6 is 0 Å². The van der Waals surface area contributed by atoms with Crippen molar-refractivity contribution in [1.29, 1.82) is 0 Å². The maximum Gasteiger partial charge on any atom is 0.0722 e. The molecule has 1 aromatic heterocycles. The Bertz CT molecular complexity index is 537. The van der Waals surface area contributed by atoms with E-state index in [1.807, 2.05) is 13.2 Å². The maximum atomic E-state index is 4.46. The summed E-state index contributed by atoms with van der Waals surface area (Å²) in [6.07, 6.45) is 6.64. The van der Waals surface area contributed by atoms with E-state index in [1.165, 1.54) is 29.5 Å². The van der Waals surface area contributed by atoms with Gasteiger partial charge in [-0.25, -0.2) is 0 Å². The Balaban J connectivity index is 2.15. The SMILES string of the molecule is CCCCc1ccc2nccc(NCCCNC)c2c1. The molecular weight excluding hydrogens is 246 g/mol. The zero-order valence-electron chi connectivity index (χ0n) is 12.6. The largest absolute Gasteiger partial charge is 0.384 e. The Morgan fingerprint density at radius 1 is 1.10 bits per heavy atom. The molecular formula is C17H25N3. The normalized spacial score (nSPS) is 10.9. The molecule has 0 aliphatic rings. The average molecular weight is 271 g/mol. The third-order valence-corrected chi connectivity index (χ3v) is 3.54. The number of anilines is 1. The molecule has 108 valence electrons. The number of fused-ring (bicyclic) bond motifs is 1. The van der Waals surface area contributed by atoms with Crippen LogP contribution in [-0.4, -0.2) is 25.1 Å². The minimum atomic E-state index is 0.985. The van der Waals surface area contributed by atoms with E-state index >= 15 is 0 Å². The van der Waals surface area contributed by atoms with Crippen molar-refractivity contribution in [2.24, 2.45) is 0 Å². The van der Waals surface area contributed by atoms with Gasteiger partial charge in [-0.2, -0.15) is 0 Å². The highest BCUT2D eigenvalue weighted by atomic mass is 14.9. The molecule has 0 fully saturated rings. The quantitative estimate of drug-likeness (QED) is 0.720. The van der Waals surface area contributed by atoms with Crippen LogP contribution in [0.25, 0.3) is 10.9 Å². The average Bonchev–Trinajstić information content (AvgIpc) is 2.49. The number of unbranched alkanes of at least 4 members (excludes halogenated alkanes) is 1. The molecule has 2 rings (SSSR count). The highest BCUT2D eigenvalue weighted by molar-refractivity contribution is 5.91. The van der Waals surface area contributed by atoms with Gasteiger partial charge in [-0.05, 0) is 56.6 Å². The van der Waals surface area contributed by atoms with E-state index < -0.39 is 0 Å². The van der Waals surface area contributed by atoms with E-state index in [9.17, 15) is 0 Å². The number of nitrogens with one attached hydrogen (secondary N) is 2. The zero-order chi connectivity index (χ0) is 14.2. The molecule has 20 heavy (non-hydrogen) atoms. The molecule has 3 nitrogen and oxygen atoms in total. The molecule has 1 aromatic carbocycles. The van der Waals surface area contributed by atoms with Gasteiger partial charge >= 0.3 is 0 Å². The predicted octanol–water partition coefficient (Wildman–Crippen LogP) is 3.60. The predicted molar refractivity (Wildman–Crippen MR) is 87.4 cm³/mol. The van der Waals surface area contributed by atoms with Crippen molar-refractivity contribution in [2.75, 3.05) is 25.5 Å². The molecule has 0 unspecified atom stereocenters. The van der Waals surface area contributed by atoms with Crippen LogP contribution in [0.15, 0.2) is 30.5 Å². The third-order valence-electron chi connectivity index (χ3n) is 3.54. The fourth-order valence-electron chi connectivity index (χ4n) is 2.37. The zero-order valence-corrected chi connectivity index (χ0v) is 12.6. The summed E-state index contributed by atoms with van der Waals surface area (Å²) in [7, 11) is 1.99. The van der Waals surface area contributed by atoms with Crippen molar-refractivity contribution in [2.45, 2.75) is 32.6 Å². The molecule has 0 saturated carbocycles. The van der Waals surface area contributed by atoms with Crippen molar-refractivity contribution < 1.29 is 0 Å². The van der Waals surface area contributed by atoms with E-state index in [1.54, 1.807) is 0 Å². The molecule has 0 radical (unpaired) electrons. The first-order valence-corrected chi connectivity index (χ1v) is 7.61. The first-order chi connectivity index (χ1) is 9.85. The van der Waals surface area contributed by atoms with Gasteiger partial charge in [-0.15, -0.1) is 0 Å². The second-order valence-corrected chi connectivity index (χ2v) is 5.20. The summed E-state index contributed by atoms with van der Waals surface area (Å²) in [4.78, 5) is 4.46. The smallest absolute Gasteiger partial charge is 0.0722 e. The summed E-state index contributed by atoms with van der Waals surface area (Å²) < 4.78 is 0. The monoisotopic (exact) mass is 271 g/mol. The summed E-state index contributed by atoms with van der Waals surface area (Å²) in [5, 5.41) is 7.94. The molecule has 2 N–H and O–H groups in total. The maximum absolute atomic E-state index is 4.46. The van der Waals surface area contributed by atoms with Crippen molar-refractivity contribution in [3.05, 3.63) is 36.0 Å². The fourth-order valence-corrected chi connectivity index (χ4v) is 2.37. The molecule has 0 aliphatic heterocycles. The van der Waals surface area contributed by atoms with E-state index in [0.29, 0.717) is 0 Å². The lowest BCUT2D eigenvalue weighted by Gasteiger charge is -2.10. The summed E-state index contributed by atoms with van der Waals surface area (Å²) in [5.74, 6) is 0. The number of hydrogen-bond acceptors (Lipinski definition) is 3. The number of rotatable bonds is 8.